The van der Waals surface area contributed by atoms with Crippen molar-refractivity contribution in [3.63, 3.8) is 0 Å². The molecule has 0 atom stereocenters. The Kier molecular flexibility index (Phi) is 4.53. The van der Waals surface area contributed by atoms with Crippen LogP contribution in [0.2, 0.25) is 0 Å². The van der Waals surface area contributed by atoms with Gasteiger partial charge >= 0.3 is 12.0 Å². The molecule has 6 heteroatoms. The quantitative estimate of drug-likeness (QED) is 0.745. The molecule has 5 nitrogen and oxygen atoms in total. The maximum atomic E-state index is 11.2. The molecule has 3 N–H and O–H groups in total. The van der Waals surface area contributed by atoms with Crippen molar-refractivity contribution < 1.29 is 14.7 Å². The summed E-state index contributed by atoms with van der Waals surface area (Å²) in [5, 5.41) is 13.1. The fraction of sp³-hybridized carbons (Fsp3) is 0. The van der Waals surface area contributed by atoms with Crippen LogP contribution < -0.4 is 10.6 Å². The molecule has 0 aliphatic heterocycles. The second-order valence-corrected chi connectivity index (χ2v) is 3.70. The lowest BCUT2D eigenvalue weighted by atomic mass is 10.3. The Morgan fingerprint density at radius 3 is 2.75 bits per heavy atom. The highest BCUT2D eigenvalue weighted by atomic mass is 79.9. The topological polar surface area (TPSA) is 78.4 Å². The number of carbonyl (C=O) groups is 2. The third-order valence-electron chi connectivity index (χ3n) is 1.52. The van der Waals surface area contributed by atoms with Crippen molar-refractivity contribution in [3.8, 4) is 0 Å². The molecule has 1 aromatic carbocycles. The summed E-state index contributed by atoms with van der Waals surface area (Å²) in [4.78, 5) is 21.3. The second-order valence-electron chi connectivity index (χ2n) is 2.78. The van der Waals surface area contributed by atoms with Gasteiger partial charge in [0.1, 0.15) is 0 Å². The average molecular weight is 285 g/mol. The largest absolute Gasteiger partial charge is 0.478 e. The molecule has 0 radical (unpaired) electrons. The number of carboxylic acid groups (broad SMARTS) is 1. The number of anilines is 1. The highest BCUT2D eigenvalue weighted by molar-refractivity contribution is 9.10. The van der Waals surface area contributed by atoms with Crippen molar-refractivity contribution in [2.75, 3.05) is 5.32 Å². The molecule has 16 heavy (non-hydrogen) atoms. The summed E-state index contributed by atoms with van der Waals surface area (Å²) in [7, 11) is 0. The Balaban J connectivity index is 2.49. The van der Waals surface area contributed by atoms with Gasteiger partial charge in [0.2, 0.25) is 0 Å². The van der Waals surface area contributed by atoms with Crippen LogP contribution in [-0.4, -0.2) is 17.1 Å². The molecule has 0 spiro atoms. The van der Waals surface area contributed by atoms with Crippen LogP contribution in [0.3, 0.4) is 0 Å². The molecular weight excluding hydrogens is 276 g/mol. The number of carboxylic acids is 1. The number of benzene rings is 1. The highest BCUT2D eigenvalue weighted by Crippen LogP contribution is 2.15. The van der Waals surface area contributed by atoms with Gasteiger partial charge in [-0.25, -0.2) is 9.59 Å². The molecule has 0 aliphatic rings. The van der Waals surface area contributed by atoms with Gasteiger partial charge in [0.15, 0.2) is 0 Å². The number of hydrogen-bond acceptors (Lipinski definition) is 2. The number of hydrogen-bond donors (Lipinski definition) is 3. The molecule has 0 saturated carbocycles. The number of urea groups is 1. The first-order valence-corrected chi connectivity index (χ1v) is 5.10. The van der Waals surface area contributed by atoms with Crippen LogP contribution in [-0.2, 0) is 4.79 Å². The van der Waals surface area contributed by atoms with Crippen molar-refractivity contribution >= 4 is 33.6 Å². The number of amides is 2. The number of nitrogens with one attached hydrogen (secondary N) is 2. The van der Waals surface area contributed by atoms with E-state index in [0.29, 0.717) is 5.69 Å². The van der Waals surface area contributed by atoms with Gasteiger partial charge in [0.25, 0.3) is 0 Å². The molecule has 1 aromatic rings. The van der Waals surface area contributed by atoms with Crippen LogP contribution in [0.5, 0.6) is 0 Å². The van der Waals surface area contributed by atoms with Gasteiger partial charge in [0.05, 0.1) is 0 Å². The molecule has 0 aromatic heterocycles. The summed E-state index contributed by atoms with van der Waals surface area (Å²) in [6, 6.07) is 6.53. The standard InChI is InChI=1S/C10H9BrN2O3/c11-7-2-1-3-8(6-7)13-10(16)12-5-4-9(14)15/h1-6H,(H,14,15)(H2,12,13,16)/b5-4+. The van der Waals surface area contributed by atoms with Crippen molar-refractivity contribution in [1.82, 2.24) is 5.32 Å². The van der Waals surface area contributed by atoms with Crippen LogP contribution in [0.25, 0.3) is 0 Å². The monoisotopic (exact) mass is 284 g/mol. The lowest BCUT2D eigenvalue weighted by Crippen LogP contribution is -2.24. The number of carbonyl (C=O) groups excluding carboxylic acids is 1. The van der Waals surface area contributed by atoms with E-state index in [9.17, 15) is 9.59 Å². The third-order valence-corrected chi connectivity index (χ3v) is 2.02. The van der Waals surface area contributed by atoms with E-state index in [1.165, 1.54) is 0 Å². The van der Waals surface area contributed by atoms with E-state index in [1.54, 1.807) is 18.2 Å². The van der Waals surface area contributed by atoms with Crippen LogP contribution in [0.1, 0.15) is 0 Å². The highest BCUT2D eigenvalue weighted by Gasteiger charge is 1.99. The van der Waals surface area contributed by atoms with Gasteiger partial charge < -0.3 is 15.7 Å². The zero-order chi connectivity index (χ0) is 12.0. The molecule has 0 aliphatic carbocycles. The van der Waals surface area contributed by atoms with E-state index in [2.05, 4.69) is 26.6 Å². The molecule has 0 heterocycles. The van der Waals surface area contributed by atoms with Gasteiger partial charge in [-0.15, -0.1) is 0 Å². The van der Waals surface area contributed by atoms with Crippen molar-refractivity contribution in [2.45, 2.75) is 0 Å². The van der Waals surface area contributed by atoms with Crippen molar-refractivity contribution in [1.29, 1.82) is 0 Å². The number of aliphatic carboxylic acids is 1. The maximum Gasteiger partial charge on any atom is 0.329 e. The van der Waals surface area contributed by atoms with Gasteiger partial charge in [-0.05, 0) is 18.2 Å². The molecule has 0 fully saturated rings. The Hall–Kier alpha value is -1.82. The fourth-order valence-corrected chi connectivity index (χ4v) is 1.32. The van der Waals surface area contributed by atoms with Crippen LogP contribution in [0, 0.1) is 0 Å². The molecule has 1 rings (SSSR count). The second kappa shape index (κ2) is 5.92. The van der Waals surface area contributed by atoms with Crippen molar-refractivity contribution in [2.24, 2.45) is 0 Å². The van der Waals surface area contributed by atoms with Crippen LogP contribution in [0.4, 0.5) is 10.5 Å². The summed E-state index contributed by atoms with van der Waals surface area (Å²) >= 11 is 3.26. The van der Waals surface area contributed by atoms with Crippen molar-refractivity contribution in [3.05, 3.63) is 41.0 Å². The van der Waals surface area contributed by atoms with E-state index in [1.807, 2.05) is 6.07 Å². The van der Waals surface area contributed by atoms with Gasteiger partial charge in [-0.3, -0.25) is 0 Å². The van der Waals surface area contributed by atoms with Crippen LogP contribution in [0.15, 0.2) is 41.0 Å². The molecule has 0 unspecified atom stereocenters. The number of halogens is 1. The summed E-state index contributed by atoms with van der Waals surface area (Å²) in [6.45, 7) is 0. The number of rotatable bonds is 3. The van der Waals surface area contributed by atoms with E-state index in [4.69, 9.17) is 5.11 Å². The smallest absolute Gasteiger partial charge is 0.329 e. The molecule has 2 amide bonds. The van der Waals surface area contributed by atoms with Gasteiger partial charge in [-0.1, -0.05) is 22.0 Å². The van der Waals surface area contributed by atoms with E-state index in [0.717, 1.165) is 16.7 Å². The molecule has 0 bridgehead atoms. The summed E-state index contributed by atoms with van der Waals surface area (Å²) in [6.07, 6.45) is 1.89. The first kappa shape index (κ1) is 12.3. The summed E-state index contributed by atoms with van der Waals surface area (Å²) in [5.41, 5.74) is 0.607. The Morgan fingerprint density at radius 2 is 2.12 bits per heavy atom. The lowest BCUT2D eigenvalue weighted by molar-refractivity contribution is -0.131. The predicted octanol–water partition coefficient (Wildman–Crippen LogP) is 2.17. The molecule has 84 valence electrons. The lowest BCUT2D eigenvalue weighted by Gasteiger charge is -2.04. The first-order chi connectivity index (χ1) is 7.58. The van der Waals surface area contributed by atoms with E-state index >= 15 is 0 Å². The van der Waals surface area contributed by atoms with E-state index in [-0.39, 0.29) is 0 Å². The van der Waals surface area contributed by atoms with Gasteiger partial charge in [-0.2, -0.15) is 0 Å². The zero-order valence-electron chi connectivity index (χ0n) is 8.11. The SMILES string of the molecule is O=C(O)/C=C/NC(=O)Nc1cccc(Br)c1. The Labute approximate surface area is 100 Å². The first-order valence-electron chi connectivity index (χ1n) is 4.30. The normalized spacial score (nSPS) is 10.1. The fourth-order valence-electron chi connectivity index (χ4n) is 0.922. The summed E-state index contributed by atoms with van der Waals surface area (Å²) in [5.74, 6) is -1.12. The minimum atomic E-state index is -1.12. The molecular formula is C10H9BrN2O3. The average Bonchev–Trinajstić information content (AvgIpc) is 2.16. The molecule has 0 saturated heterocycles. The maximum absolute atomic E-state index is 11.2. The minimum Gasteiger partial charge on any atom is -0.478 e. The van der Waals surface area contributed by atoms with Gasteiger partial charge in [0, 0.05) is 22.4 Å². The predicted molar refractivity (Wildman–Crippen MR) is 63.1 cm³/mol. The summed E-state index contributed by atoms with van der Waals surface area (Å²) < 4.78 is 0.839. The third kappa shape index (κ3) is 4.61. The van der Waals surface area contributed by atoms with E-state index < -0.39 is 12.0 Å². The van der Waals surface area contributed by atoms with Crippen LogP contribution >= 0.6 is 15.9 Å². The minimum absolute atomic E-state index is 0.504. The Bertz CT molecular complexity index is 432. The zero-order valence-corrected chi connectivity index (χ0v) is 9.69. The Morgan fingerprint density at radius 1 is 1.38 bits per heavy atom.